The Kier molecular flexibility index (Phi) is 5.96. The number of para-hydroxylation sites is 1. The quantitative estimate of drug-likeness (QED) is 0.397. The Morgan fingerprint density at radius 3 is 2.78 bits per heavy atom. The molecule has 0 atom stereocenters. The molecular formula is C21H25FN4O. The summed E-state index contributed by atoms with van der Waals surface area (Å²) in [6, 6.07) is 12.6. The summed E-state index contributed by atoms with van der Waals surface area (Å²) < 4.78 is 13.4. The molecule has 0 spiro atoms. The molecule has 0 amide bonds. The summed E-state index contributed by atoms with van der Waals surface area (Å²) in [4.78, 5) is 7.91. The van der Waals surface area contributed by atoms with Gasteiger partial charge in [-0.05, 0) is 49.6 Å². The highest BCUT2D eigenvalue weighted by molar-refractivity contribution is 5.84. The van der Waals surface area contributed by atoms with Gasteiger partial charge in [-0.15, -0.1) is 0 Å². The molecule has 1 aromatic heterocycles. The average Bonchev–Trinajstić information content (AvgIpc) is 2.98. The van der Waals surface area contributed by atoms with Crippen LogP contribution in [0.4, 0.5) is 4.39 Å². The molecule has 0 fully saturated rings. The Balaban J connectivity index is 1.63. The first-order valence-corrected chi connectivity index (χ1v) is 9.14. The maximum absolute atomic E-state index is 13.4. The maximum Gasteiger partial charge on any atom is 0.191 e. The number of hydrogen-bond acceptors (Lipinski definition) is 2. The number of nitrogens with one attached hydrogen (secondary N) is 3. The lowest BCUT2D eigenvalue weighted by atomic mass is 10.1. The number of benzene rings is 2. The van der Waals surface area contributed by atoms with Crippen molar-refractivity contribution in [2.45, 2.75) is 26.8 Å². The van der Waals surface area contributed by atoms with E-state index in [4.69, 9.17) is 0 Å². The number of rotatable bonds is 6. The van der Waals surface area contributed by atoms with Crippen LogP contribution < -0.4 is 10.6 Å². The van der Waals surface area contributed by atoms with Crippen LogP contribution in [0, 0.1) is 12.7 Å². The molecule has 0 radical (unpaired) electrons. The molecule has 1 heterocycles. The fourth-order valence-corrected chi connectivity index (χ4v) is 3.12. The number of aromatic hydroxyl groups is 1. The van der Waals surface area contributed by atoms with Gasteiger partial charge in [0.05, 0.1) is 6.54 Å². The number of nitrogens with zero attached hydrogens (tertiary/aromatic N) is 1. The van der Waals surface area contributed by atoms with Crippen LogP contribution in [0.3, 0.4) is 0 Å². The first kappa shape index (κ1) is 18.8. The zero-order chi connectivity index (χ0) is 19.2. The summed E-state index contributed by atoms with van der Waals surface area (Å²) in [7, 11) is 0. The minimum absolute atomic E-state index is 0.332. The second kappa shape index (κ2) is 8.58. The highest BCUT2D eigenvalue weighted by atomic mass is 19.1. The molecule has 0 unspecified atom stereocenters. The Labute approximate surface area is 158 Å². The molecule has 0 aliphatic heterocycles. The second-order valence-corrected chi connectivity index (χ2v) is 6.43. The second-order valence-electron chi connectivity index (χ2n) is 6.43. The zero-order valence-corrected chi connectivity index (χ0v) is 15.6. The summed E-state index contributed by atoms with van der Waals surface area (Å²) in [6.07, 6.45) is 0.869. The van der Waals surface area contributed by atoms with E-state index in [-0.39, 0.29) is 5.75 Å². The lowest BCUT2D eigenvalue weighted by molar-refractivity contribution is 0.432. The largest absolute Gasteiger partial charge is 0.505 e. The van der Waals surface area contributed by atoms with Gasteiger partial charge in [-0.1, -0.05) is 24.3 Å². The molecule has 27 heavy (non-hydrogen) atoms. The number of halogens is 1. The number of phenols is 1. The predicted molar refractivity (Wildman–Crippen MR) is 108 cm³/mol. The van der Waals surface area contributed by atoms with Crippen LogP contribution in [0.5, 0.6) is 5.75 Å². The molecule has 0 aliphatic rings. The number of fused-ring (bicyclic) bond motifs is 1. The Bertz CT molecular complexity index is 949. The van der Waals surface area contributed by atoms with Crippen LogP contribution >= 0.6 is 0 Å². The number of guanidine groups is 1. The molecule has 0 bridgehead atoms. The van der Waals surface area contributed by atoms with Gasteiger partial charge in [0.25, 0.3) is 0 Å². The molecule has 2 aromatic carbocycles. The van der Waals surface area contributed by atoms with Gasteiger partial charge < -0.3 is 20.7 Å². The van der Waals surface area contributed by atoms with Crippen molar-refractivity contribution >= 4 is 16.9 Å². The summed E-state index contributed by atoms with van der Waals surface area (Å²) in [5.41, 5.74) is 4.34. The number of aromatic amines is 1. The van der Waals surface area contributed by atoms with E-state index in [1.165, 1.54) is 28.8 Å². The molecule has 142 valence electrons. The first-order chi connectivity index (χ1) is 13.1. The smallest absolute Gasteiger partial charge is 0.191 e. The van der Waals surface area contributed by atoms with E-state index in [1.807, 2.05) is 13.0 Å². The van der Waals surface area contributed by atoms with Gasteiger partial charge in [0.2, 0.25) is 0 Å². The van der Waals surface area contributed by atoms with Crippen LogP contribution in [-0.2, 0) is 13.0 Å². The molecule has 6 heteroatoms. The number of H-pyrrole nitrogens is 1. The van der Waals surface area contributed by atoms with Gasteiger partial charge in [0, 0.05) is 29.7 Å². The SMILES string of the molecule is CCNC(=NCc1ccc(O)c(F)c1)NCCc1c(C)[nH]c2ccccc12. The Morgan fingerprint density at radius 2 is 2.00 bits per heavy atom. The summed E-state index contributed by atoms with van der Waals surface area (Å²) in [6.45, 7) is 5.90. The lowest BCUT2D eigenvalue weighted by Crippen LogP contribution is -2.38. The van der Waals surface area contributed by atoms with Crippen molar-refractivity contribution < 1.29 is 9.50 Å². The van der Waals surface area contributed by atoms with Crippen molar-refractivity contribution in [2.75, 3.05) is 13.1 Å². The van der Waals surface area contributed by atoms with Gasteiger partial charge in [0.1, 0.15) is 0 Å². The van der Waals surface area contributed by atoms with Crippen LogP contribution in [0.1, 0.15) is 23.7 Å². The molecule has 3 aromatic rings. The van der Waals surface area contributed by atoms with Gasteiger partial charge in [-0.3, -0.25) is 0 Å². The van der Waals surface area contributed by atoms with Crippen molar-refractivity contribution in [1.29, 1.82) is 0 Å². The molecule has 3 rings (SSSR count). The van der Waals surface area contributed by atoms with Gasteiger partial charge >= 0.3 is 0 Å². The minimum atomic E-state index is -0.629. The highest BCUT2D eigenvalue weighted by Crippen LogP contribution is 2.22. The fraction of sp³-hybridized carbons (Fsp3) is 0.286. The van der Waals surface area contributed by atoms with Crippen LogP contribution in [0.15, 0.2) is 47.5 Å². The van der Waals surface area contributed by atoms with E-state index in [9.17, 15) is 9.50 Å². The summed E-state index contributed by atoms with van der Waals surface area (Å²) >= 11 is 0. The van der Waals surface area contributed by atoms with E-state index in [2.05, 4.69) is 45.7 Å². The monoisotopic (exact) mass is 368 g/mol. The number of aryl methyl sites for hydroxylation is 1. The number of aliphatic imine (C=N–C) groups is 1. The Hall–Kier alpha value is -3.02. The molecule has 0 saturated carbocycles. The number of hydrogen-bond donors (Lipinski definition) is 4. The predicted octanol–water partition coefficient (Wildman–Crippen LogP) is 3.62. The molecule has 4 N–H and O–H groups in total. The topological polar surface area (TPSA) is 72.4 Å². The van der Waals surface area contributed by atoms with Crippen molar-refractivity contribution in [2.24, 2.45) is 4.99 Å². The zero-order valence-electron chi connectivity index (χ0n) is 15.6. The van der Waals surface area contributed by atoms with Crippen molar-refractivity contribution in [1.82, 2.24) is 15.6 Å². The molecule has 5 nitrogen and oxygen atoms in total. The highest BCUT2D eigenvalue weighted by Gasteiger charge is 2.08. The van der Waals surface area contributed by atoms with E-state index in [0.29, 0.717) is 18.1 Å². The van der Waals surface area contributed by atoms with Gasteiger partial charge in [0.15, 0.2) is 17.5 Å². The summed E-state index contributed by atoms with van der Waals surface area (Å²) in [5.74, 6) is -0.291. The van der Waals surface area contributed by atoms with Crippen molar-refractivity contribution in [3.8, 4) is 5.75 Å². The minimum Gasteiger partial charge on any atom is -0.505 e. The lowest BCUT2D eigenvalue weighted by Gasteiger charge is -2.11. The molecule has 0 saturated heterocycles. The fourth-order valence-electron chi connectivity index (χ4n) is 3.12. The maximum atomic E-state index is 13.4. The van der Waals surface area contributed by atoms with Crippen LogP contribution in [0.2, 0.25) is 0 Å². The van der Waals surface area contributed by atoms with E-state index < -0.39 is 5.82 Å². The molecule has 0 aliphatic carbocycles. The van der Waals surface area contributed by atoms with Crippen LogP contribution in [-0.4, -0.2) is 29.1 Å². The van der Waals surface area contributed by atoms with E-state index >= 15 is 0 Å². The standard InChI is InChI=1S/C21H25FN4O/c1-3-23-21(25-13-15-8-9-20(27)18(22)12-15)24-11-10-16-14(2)26-19-7-5-4-6-17(16)19/h4-9,12,26-27H,3,10-11,13H2,1-2H3,(H2,23,24,25). The molecular weight excluding hydrogens is 343 g/mol. The van der Waals surface area contributed by atoms with Crippen LogP contribution in [0.25, 0.3) is 10.9 Å². The summed E-state index contributed by atoms with van der Waals surface area (Å²) in [5, 5.41) is 17.0. The number of aromatic nitrogens is 1. The third-order valence-electron chi connectivity index (χ3n) is 4.47. The van der Waals surface area contributed by atoms with E-state index in [0.717, 1.165) is 25.0 Å². The normalized spacial score (nSPS) is 11.7. The Morgan fingerprint density at radius 1 is 1.19 bits per heavy atom. The van der Waals surface area contributed by atoms with E-state index in [1.54, 1.807) is 6.07 Å². The number of phenolic OH excluding ortho intramolecular Hbond substituents is 1. The average molecular weight is 368 g/mol. The van der Waals surface area contributed by atoms with Gasteiger partial charge in [-0.2, -0.15) is 0 Å². The first-order valence-electron chi connectivity index (χ1n) is 9.14. The van der Waals surface area contributed by atoms with Gasteiger partial charge in [-0.25, -0.2) is 9.38 Å². The third-order valence-corrected chi connectivity index (χ3v) is 4.47. The van der Waals surface area contributed by atoms with Crippen molar-refractivity contribution in [3.05, 3.63) is 65.1 Å². The third kappa shape index (κ3) is 4.58. The van der Waals surface area contributed by atoms with Crippen molar-refractivity contribution in [3.63, 3.8) is 0 Å².